The SMILES string of the molecule is CCOC(Cc1cccc(NCCCN2CCOc3ccccc32)c1)C(=O)O.N=C(N)NCCC[C@H](N)C(=O)O. The van der Waals surface area contributed by atoms with Crippen molar-refractivity contribution in [2.75, 3.05) is 49.6 Å². The number of rotatable bonds is 15. The van der Waals surface area contributed by atoms with Gasteiger partial charge in [-0.05, 0) is 56.0 Å². The summed E-state index contributed by atoms with van der Waals surface area (Å²) in [5.41, 5.74) is 13.3. The van der Waals surface area contributed by atoms with Gasteiger partial charge in [-0.3, -0.25) is 10.2 Å². The molecule has 12 nitrogen and oxygen atoms in total. The number of ether oxygens (including phenoxy) is 2. The van der Waals surface area contributed by atoms with Crippen LogP contribution in [0.1, 0.15) is 31.7 Å². The van der Waals surface area contributed by atoms with Crippen LogP contribution in [0, 0.1) is 5.41 Å². The molecule has 2 aromatic rings. The van der Waals surface area contributed by atoms with E-state index in [-0.39, 0.29) is 5.96 Å². The molecule has 0 bridgehead atoms. The molecule has 0 amide bonds. The molecule has 1 aliphatic heterocycles. The standard InChI is InChI=1S/C22H28N2O4.C6H14N4O2/c1-2-27-21(22(25)26)16-17-7-5-8-18(15-17)23-11-6-12-24-13-14-28-20-10-4-3-9-19(20)24;7-4(5(11)12)2-1-3-10-6(8)9/h3-5,7-10,15,21,23H,2,6,11-14,16H2,1H3,(H,25,26);4H,1-3,7H2,(H,11,12)(H4,8,9,10)/t;4-/m.0/s1. The third kappa shape index (κ3) is 11.8. The molecule has 1 aliphatic rings. The van der Waals surface area contributed by atoms with Crippen molar-refractivity contribution >= 4 is 29.3 Å². The second-order valence-corrected chi connectivity index (χ2v) is 9.20. The summed E-state index contributed by atoms with van der Waals surface area (Å²) in [6, 6.07) is 15.2. The van der Waals surface area contributed by atoms with Gasteiger partial charge in [0.2, 0.25) is 0 Å². The van der Waals surface area contributed by atoms with Gasteiger partial charge in [0, 0.05) is 38.3 Å². The number of hydrogen-bond acceptors (Lipinski definition) is 8. The highest BCUT2D eigenvalue weighted by Crippen LogP contribution is 2.30. The summed E-state index contributed by atoms with van der Waals surface area (Å²) in [5.74, 6) is -1.08. The van der Waals surface area contributed by atoms with Crippen LogP contribution in [0.15, 0.2) is 48.5 Å². The number of hydrogen-bond donors (Lipinski definition) is 7. The maximum atomic E-state index is 11.3. The minimum atomic E-state index is -1.00. The Hall–Kier alpha value is -4.03. The molecular weight excluding hydrogens is 516 g/mol. The van der Waals surface area contributed by atoms with E-state index >= 15 is 0 Å². The Balaban J connectivity index is 0.000000395. The van der Waals surface area contributed by atoms with Crippen molar-refractivity contribution in [2.45, 2.75) is 44.8 Å². The lowest BCUT2D eigenvalue weighted by Gasteiger charge is -2.31. The molecule has 0 spiro atoms. The van der Waals surface area contributed by atoms with E-state index in [1.807, 2.05) is 42.5 Å². The summed E-state index contributed by atoms with van der Waals surface area (Å²) < 4.78 is 11.0. The van der Waals surface area contributed by atoms with Gasteiger partial charge in [-0.2, -0.15) is 0 Å². The maximum Gasteiger partial charge on any atom is 0.333 e. The Labute approximate surface area is 235 Å². The van der Waals surface area contributed by atoms with E-state index in [2.05, 4.69) is 21.6 Å². The molecule has 1 unspecified atom stereocenters. The molecule has 0 aliphatic carbocycles. The number of carboxylic acids is 2. The van der Waals surface area contributed by atoms with Crippen molar-refractivity contribution in [3.8, 4) is 5.75 Å². The van der Waals surface area contributed by atoms with Crippen LogP contribution in [0.4, 0.5) is 11.4 Å². The molecule has 0 radical (unpaired) electrons. The number of nitrogens with zero attached hydrogens (tertiary/aromatic N) is 1. The molecule has 0 aromatic heterocycles. The van der Waals surface area contributed by atoms with E-state index in [1.54, 1.807) is 6.92 Å². The molecule has 0 saturated carbocycles. The average molecular weight is 559 g/mol. The number of carboxylic acid groups (broad SMARTS) is 2. The zero-order chi connectivity index (χ0) is 29.3. The predicted molar refractivity (Wildman–Crippen MR) is 155 cm³/mol. The topological polar surface area (TPSA) is 196 Å². The monoisotopic (exact) mass is 558 g/mol. The van der Waals surface area contributed by atoms with E-state index < -0.39 is 24.1 Å². The number of nitrogens with two attached hydrogens (primary N) is 2. The molecule has 40 heavy (non-hydrogen) atoms. The minimum absolute atomic E-state index is 0.112. The Morgan fingerprint density at radius 2 is 1.90 bits per heavy atom. The second kappa shape index (κ2) is 17.5. The van der Waals surface area contributed by atoms with Crippen LogP contribution in [-0.4, -0.2) is 79.6 Å². The van der Waals surface area contributed by atoms with Gasteiger partial charge in [0.05, 0.1) is 12.2 Å². The van der Waals surface area contributed by atoms with E-state index in [9.17, 15) is 14.7 Å². The number of para-hydroxylation sites is 2. The van der Waals surface area contributed by atoms with Crippen LogP contribution in [0.3, 0.4) is 0 Å². The second-order valence-electron chi connectivity index (χ2n) is 9.20. The van der Waals surface area contributed by atoms with E-state index in [1.165, 1.54) is 0 Å². The number of aliphatic carboxylic acids is 2. The van der Waals surface area contributed by atoms with E-state index in [0.29, 0.717) is 32.4 Å². The Morgan fingerprint density at radius 1 is 1.12 bits per heavy atom. The maximum absolute atomic E-state index is 11.3. The molecule has 0 saturated heterocycles. The third-order valence-corrected chi connectivity index (χ3v) is 6.07. The van der Waals surface area contributed by atoms with Gasteiger partial charge in [0.25, 0.3) is 0 Å². The van der Waals surface area contributed by atoms with Crippen LogP contribution in [0.2, 0.25) is 0 Å². The molecule has 2 aromatic carbocycles. The molecule has 1 heterocycles. The molecule has 2 atom stereocenters. The first-order valence-corrected chi connectivity index (χ1v) is 13.4. The van der Waals surface area contributed by atoms with Crippen molar-refractivity contribution < 1.29 is 29.3 Å². The van der Waals surface area contributed by atoms with E-state index in [4.69, 9.17) is 31.5 Å². The Morgan fingerprint density at radius 3 is 2.60 bits per heavy atom. The lowest BCUT2D eigenvalue weighted by atomic mass is 10.1. The van der Waals surface area contributed by atoms with Gasteiger partial charge in [-0.15, -0.1) is 0 Å². The quantitative estimate of drug-likeness (QED) is 0.0960. The summed E-state index contributed by atoms with van der Waals surface area (Å²) in [4.78, 5) is 23.8. The summed E-state index contributed by atoms with van der Waals surface area (Å²) in [5, 5.41) is 30.4. The number of fused-ring (bicyclic) bond motifs is 1. The lowest BCUT2D eigenvalue weighted by Crippen LogP contribution is -2.34. The van der Waals surface area contributed by atoms with Crippen LogP contribution in [0.25, 0.3) is 0 Å². The number of nitrogens with one attached hydrogen (secondary N) is 3. The fourth-order valence-corrected chi connectivity index (χ4v) is 4.07. The normalized spacial score (nSPS) is 13.5. The van der Waals surface area contributed by atoms with Gasteiger partial charge < -0.3 is 46.7 Å². The number of anilines is 2. The smallest absolute Gasteiger partial charge is 0.333 e. The first kappa shape index (κ1) is 32.2. The first-order chi connectivity index (χ1) is 19.2. The summed E-state index contributed by atoms with van der Waals surface area (Å²) in [7, 11) is 0. The highest BCUT2D eigenvalue weighted by atomic mass is 16.5. The molecule has 3 rings (SSSR count). The van der Waals surface area contributed by atoms with Crippen molar-refractivity contribution in [2.24, 2.45) is 11.5 Å². The van der Waals surface area contributed by atoms with Crippen LogP contribution in [-0.2, 0) is 20.7 Å². The third-order valence-electron chi connectivity index (χ3n) is 6.07. The number of guanidine groups is 1. The number of carbonyl (C=O) groups is 2. The largest absolute Gasteiger partial charge is 0.490 e. The van der Waals surface area contributed by atoms with Crippen LogP contribution in [0.5, 0.6) is 5.75 Å². The minimum Gasteiger partial charge on any atom is -0.490 e. The van der Waals surface area contributed by atoms with Gasteiger partial charge in [-0.25, -0.2) is 4.79 Å². The summed E-state index contributed by atoms with van der Waals surface area (Å²) in [6.07, 6.45) is 1.53. The fraction of sp³-hybridized carbons (Fsp3) is 0.464. The number of benzene rings is 2. The first-order valence-electron chi connectivity index (χ1n) is 13.4. The van der Waals surface area contributed by atoms with Crippen molar-refractivity contribution in [1.29, 1.82) is 5.41 Å². The zero-order valence-electron chi connectivity index (χ0n) is 23.0. The summed E-state index contributed by atoms with van der Waals surface area (Å²) in [6.45, 7) is 6.10. The van der Waals surface area contributed by atoms with Gasteiger partial charge in [-0.1, -0.05) is 24.3 Å². The fourth-order valence-electron chi connectivity index (χ4n) is 4.07. The molecule has 220 valence electrons. The lowest BCUT2D eigenvalue weighted by molar-refractivity contribution is -0.150. The van der Waals surface area contributed by atoms with Gasteiger partial charge in [0.1, 0.15) is 18.4 Å². The van der Waals surface area contributed by atoms with Crippen molar-refractivity contribution in [3.05, 3.63) is 54.1 Å². The van der Waals surface area contributed by atoms with Gasteiger partial charge in [0.15, 0.2) is 12.1 Å². The van der Waals surface area contributed by atoms with Gasteiger partial charge >= 0.3 is 11.9 Å². The van der Waals surface area contributed by atoms with Crippen LogP contribution < -0.4 is 31.7 Å². The highest BCUT2D eigenvalue weighted by molar-refractivity contribution is 5.74. The predicted octanol–water partition coefficient (Wildman–Crippen LogP) is 2.08. The Kier molecular flexibility index (Phi) is 14.1. The molecule has 0 fully saturated rings. The Bertz CT molecular complexity index is 1080. The summed E-state index contributed by atoms with van der Waals surface area (Å²) >= 11 is 0. The van der Waals surface area contributed by atoms with E-state index in [0.717, 1.165) is 55.3 Å². The zero-order valence-corrected chi connectivity index (χ0v) is 23.0. The molecule has 9 N–H and O–H groups in total. The highest BCUT2D eigenvalue weighted by Gasteiger charge is 2.18. The average Bonchev–Trinajstić information content (AvgIpc) is 2.93. The van der Waals surface area contributed by atoms with Crippen LogP contribution >= 0.6 is 0 Å². The van der Waals surface area contributed by atoms with Crippen molar-refractivity contribution in [1.82, 2.24) is 5.32 Å². The van der Waals surface area contributed by atoms with Crippen molar-refractivity contribution in [3.63, 3.8) is 0 Å². The molecule has 12 heteroatoms. The molecular formula is C28H42N6O6.